The first-order valence-electron chi connectivity index (χ1n) is 7.41. The number of hydrogen-bond donors (Lipinski definition) is 2. The van der Waals surface area contributed by atoms with Gasteiger partial charge in [-0.25, -0.2) is 0 Å². The monoisotopic (exact) mass is 357 g/mol. The largest absolute Gasteiger partial charge is 0.388 e. The van der Waals surface area contributed by atoms with Gasteiger partial charge in [-0.1, -0.05) is 34.1 Å². The number of hydrogen-bond acceptors (Lipinski definition) is 4. The maximum absolute atomic E-state index is 10.5. The minimum atomic E-state index is -0.648. The Morgan fingerprint density at radius 2 is 2.00 bits per heavy atom. The molecule has 0 bridgehead atoms. The lowest BCUT2D eigenvalue weighted by molar-refractivity contribution is -0.0776. The molecule has 1 aromatic carbocycles. The molecule has 1 atom stereocenters. The third kappa shape index (κ3) is 5.04. The molecule has 1 aromatic rings. The van der Waals surface area contributed by atoms with Gasteiger partial charge in [0.05, 0.1) is 11.7 Å². The second-order valence-corrected chi connectivity index (χ2v) is 6.75. The standard InChI is InChI=1S/C16H24BrNO3/c1-18(12-16(20)7-10-21-11-8-16)9-6-15(19)13-4-2-3-5-14(13)17/h2-5,15,19-20H,6-12H2,1H3. The number of ether oxygens (including phenoxy) is 1. The highest BCUT2D eigenvalue weighted by Crippen LogP contribution is 2.26. The third-order valence-corrected chi connectivity index (χ3v) is 4.76. The van der Waals surface area contributed by atoms with Crippen LogP contribution in [0.4, 0.5) is 0 Å². The molecule has 0 aromatic heterocycles. The molecule has 1 unspecified atom stereocenters. The van der Waals surface area contributed by atoms with Crippen molar-refractivity contribution in [3.8, 4) is 0 Å². The van der Waals surface area contributed by atoms with Crippen LogP contribution in [-0.2, 0) is 4.74 Å². The molecule has 21 heavy (non-hydrogen) atoms. The second kappa shape index (κ2) is 7.70. The lowest BCUT2D eigenvalue weighted by Gasteiger charge is -2.35. The van der Waals surface area contributed by atoms with Gasteiger partial charge in [-0.05, 0) is 25.1 Å². The maximum atomic E-state index is 10.5. The summed E-state index contributed by atoms with van der Waals surface area (Å²) in [5.74, 6) is 0. The van der Waals surface area contributed by atoms with Crippen LogP contribution in [0.1, 0.15) is 30.9 Å². The van der Waals surface area contributed by atoms with E-state index in [4.69, 9.17) is 4.74 Å². The Balaban J connectivity index is 1.81. The van der Waals surface area contributed by atoms with Crippen LogP contribution in [0.15, 0.2) is 28.7 Å². The number of aliphatic hydroxyl groups excluding tert-OH is 1. The number of rotatable bonds is 6. The van der Waals surface area contributed by atoms with Crippen molar-refractivity contribution in [3.05, 3.63) is 34.3 Å². The van der Waals surface area contributed by atoms with Crippen molar-refractivity contribution < 1.29 is 14.9 Å². The highest BCUT2D eigenvalue weighted by Gasteiger charge is 2.31. The third-order valence-electron chi connectivity index (χ3n) is 4.04. The van der Waals surface area contributed by atoms with Gasteiger partial charge in [0, 0.05) is 43.6 Å². The number of likely N-dealkylation sites (N-methyl/N-ethyl adjacent to an activating group) is 1. The van der Waals surface area contributed by atoms with Gasteiger partial charge in [0.25, 0.3) is 0 Å². The molecule has 0 saturated carbocycles. The Kier molecular flexibility index (Phi) is 6.20. The van der Waals surface area contributed by atoms with Crippen LogP contribution in [0.25, 0.3) is 0 Å². The van der Waals surface area contributed by atoms with Crippen molar-refractivity contribution in [2.75, 3.05) is 33.4 Å². The molecule has 0 amide bonds. The van der Waals surface area contributed by atoms with E-state index in [2.05, 4.69) is 20.8 Å². The lowest BCUT2D eigenvalue weighted by Crippen LogP contribution is -2.46. The van der Waals surface area contributed by atoms with E-state index in [0.717, 1.165) is 16.6 Å². The molecular formula is C16H24BrNO3. The van der Waals surface area contributed by atoms with Crippen LogP contribution < -0.4 is 0 Å². The van der Waals surface area contributed by atoms with Gasteiger partial charge in [0.2, 0.25) is 0 Å². The molecule has 1 fully saturated rings. The minimum Gasteiger partial charge on any atom is -0.388 e. The van der Waals surface area contributed by atoms with Crippen LogP contribution in [0.3, 0.4) is 0 Å². The predicted molar refractivity (Wildman–Crippen MR) is 86.2 cm³/mol. The lowest BCUT2D eigenvalue weighted by atomic mass is 9.94. The van der Waals surface area contributed by atoms with Crippen LogP contribution in [0, 0.1) is 0 Å². The maximum Gasteiger partial charge on any atom is 0.0817 e. The first kappa shape index (κ1) is 16.9. The average Bonchev–Trinajstić information content (AvgIpc) is 2.45. The van der Waals surface area contributed by atoms with Gasteiger partial charge in [-0.2, -0.15) is 0 Å². The Hall–Kier alpha value is -0.460. The molecule has 0 spiro atoms. The quantitative estimate of drug-likeness (QED) is 0.820. The zero-order valence-corrected chi connectivity index (χ0v) is 14.1. The Morgan fingerprint density at radius 1 is 1.33 bits per heavy atom. The molecule has 5 heteroatoms. The molecule has 118 valence electrons. The number of nitrogens with zero attached hydrogens (tertiary/aromatic N) is 1. The first-order chi connectivity index (χ1) is 10.0. The molecule has 4 nitrogen and oxygen atoms in total. The first-order valence-corrected chi connectivity index (χ1v) is 8.21. The summed E-state index contributed by atoms with van der Waals surface area (Å²) in [6.07, 6.45) is 1.52. The van der Waals surface area contributed by atoms with Crippen molar-refractivity contribution in [1.29, 1.82) is 0 Å². The average molecular weight is 358 g/mol. The van der Waals surface area contributed by atoms with E-state index < -0.39 is 11.7 Å². The fraction of sp³-hybridized carbons (Fsp3) is 0.625. The molecule has 0 aliphatic carbocycles. The normalized spacial score (nSPS) is 19.7. The van der Waals surface area contributed by atoms with Gasteiger partial charge in [-0.3, -0.25) is 0 Å². The summed E-state index contributed by atoms with van der Waals surface area (Å²) in [5.41, 5.74) is 0.265. The van der Waals surface area contributed by atoms with E-state index in [1.165, 1.54) is 0 Å². The van der Waals surface area contributed by atoms with Crippen molar-refractivity contribution in [1.82, 2.24) is 4.90 Å². The summed E-state index contributed by atoms with van der Waals surface area (Å²) in [4.78, 5) is 2.09. The van der Waals surface area contributed by atoms with Crippen LogP contribution >= 0.6 is 15.9 Å². The summed E-state index contributed by atoms with van der Waals surface area (Å²) in [6, 6.07) is 7.73. The highest BCUT2D eigenvalue weighted by atomic mass is 79.9. The molecule has 1 aliphatic heterocycles. The van der Waals surface area contributed by atoms with Gasteiger partial charge in [-0.15, -0.1) is 0 Å². The van der Waals surface area contributed by atoms with E-state index in [1.807, 2.05) is 31.3 Å². The molecule has 2 N–H and O–H groups in total. The van der Waals surface area contributed by atoms with Crippen molar-refractivity contribution in [3.63, 3.8) is 0 Å². The zero-order valence-electron chi connectivity index (χ0n) is 12.5. The molecule has 0 radical (unpaired) electrons. The number of aliphatic hydroxyl groups is 2. The summed E-state index contributed by atoms with van der Waals surface area (Å²) in [5, 5.41) is 20.8. The van der Waals surface area contributed by atoms with Crippen LogP contribution in [-0.4, -0.2) is 54.1 Å². The Morgan fingerprint density at radius 3 is 2.67 bits per heavy atom. The second-order valence-electron chi connectivity index (χ2n) is 5.90. The van der Waals surface area contributed by atoms with E-state index in [-0.39, 0.29) is 0 Å². The number of halogens is 1. The smallest absolute Gasteiger partial charge is 0.0817 e. The molecule has 2 rings (SSSR count). The molecule has 1 aliphatic rings. The van der Waals surface area contributed by atoms with E-state index >= 15 is 0 Å². The van der Waals surface area contributed by atoms with Gasteiger partial charge in [0.1, 0.15) is 0 Å². The molecule has 1 heterocycles. The fourth-order valence-corrected chi connectivity index (χ4v) is 3.28. The summed E-state index contributed by atoms with van der Waals surface area (Å²) in [7, 11) is 1.99. The Labute approximate surface area is 134 Å². The minimum absolute atomic E-state index is 0.493. The topological polar surface area (TPSA) is 52.9 Å². The van der Waals surface area contributed by atoms with E-state index in [0.29, 0.717) is 39.0 Å². The fourth-order valence-electron chi connectivity index (χ4n) is 2.73. The van der Waals surface area contributed by atoms with Crippen molar-refractivity contribution in [2.24, 2.45) is 0 Å². The molecule has 1 saturated heterocycles. The molecular weight excluding hydrogens is 334 g/mol. The van der Waals surface area contributed by atoms with Gasteiger partial charge in [0.15, 0.2) is 0 Å². The van der Waals surface area contributed by atoms with Crippen LogP contribution in [0.5, 0.6) is 0 Å². The highest BCUT2D eigenvalue weighted by molar-refractivity contribution is 9.10. The summed E-state index contributed by atoms with van der Waals surface area (Å²) in [6.45, 7) is 2.62. The van der Waals surface area contributed by atoms with Gasteiger partial charge < -0.3 is 19.8 Å². The van der Waals surface area contributed by atoms with Crippen LogP contribution in [0.2, 0.25) is 0 Å². The van der Waals surface area contributed by atoms with E-state index in [9.17, 15) is 10.2 Å². The summed E-state index contributed by atoms with van der Waals surface area (Å²) < 4.78 is 6.23. The van der Waals surface area contributed by atoms with Crippen molar-refractivity contribution in [2.45, 2.75) is 31.0 Å². The number of benzene rings is 1. The SMILES string of the molecule is CN(CCC(O)c1ccccc1Br)CC1(O)CCOCC1. The Bertz CT molecular complexity index is 449. The summed E-state index contributed by atoms with van der Waals surface area (Å²) >= 11 is 3.46. The zero-order chi connectivity index (χ0) is 15.3. The predicted octanol–water partition coefficient (Wildman–Crippen LogP) is 2.35. The van der Waals surface area contributed by atoms with E-state index in [1.54, 1.807) is 0 Å². The van der Waals surface area contributed by atoms with Crippen molar-refractivity contribution >= 4 is 15.9 Å². The van der Waals surface area contributed by atoms with Gasteiger partial charge >= 0.3 is 0 Å².